The monoisotopic (exact) mass is 304 g/mol. The molecule has 0 unspecified atom stereocenters. The third-order valence-corrected chi connectivity index (χ3v) is 5.65. The van der Waals surface area contributed by atoms with E-state index in [0.29, 0.717) is 4.88 Å². The van der Waals surface area contributed by atoms with Crippen molar-refractivity contribution >= 4 is 32.7 Å². The molecule has 0 fully saturated rings. The molecule has 0 atom stereocenters. The molecule has 18 heavy (non-hydrogen) atoms. The highest BCUT2D eigenvalue weighted by Gasteiger charge is 2.19. The molecule has 0 spiro atoms. The Balaban J connectivity index is 2.13. The number of aryl methyl sites for hydroxylation is 1. The van der Waals surface area contributed by atoms with E-state index in [1.807, 2.05) is 6.92 Å². The largest absolute Gasteiger partial charge is 0.391 e. The van der Waals surface area contributed by atoms with Crippen molar-refractivity contribution in [3.05, 3.63) is 32.4 Å². The lowest BCUT2D eigenvalue weighted by Crippen LogP contribution is -2.23. The maximum atomic E-state index is 12.0. The van der Waals surface area contributed by atoms with Crippen molar-refractivity contribution < 1.29 is 13.5 Å². The van der Waals surface area contributed by atoms with Gasteiger partial charge in [0.15, 0.2) is 0 Å². The van der Waals surface area contributed by atoms with E-state index in [0.717, 1.165) is 9.88 Å². The summed E-state index contributed by atoms with van der Waals surface area (Å²) in [6, 6.07) is 1.49. The van der Waals surface area contributed by atoms with E-state index in [-0.39, 0.29) is 18.0 Å². The maximum absolute atomic E-state index is 12.0. The Kier molecular flexibility index (Phi) is 4.13. The Morgan fingerprint density at radius 3 is 2.89 bits per heavy atom. The van der Waals surface area contributed by atoms with Crippen LogP contribution in [0.4, 0.5) is 0 Å². The maximum Gasteiger partial charge on any atom is 0.242 e. The Bertz CT molecular complexity index is 630. The van der Waals surface area contributed by atoms with Crippen molar-refractivity contribution in [1.82, 2.24) is 9.71 Å². The summed E-state index contributed by atoms with van der Waals surface area (Å²) in [4.78, 5) is 5.71. The van der Waals surface area contributed by atoms with E-state index in [1.54, 1.807) is 11.6 Å². The number of aliphatic hydroxyl groups is 1. The molecule has 0 aliphatic rings. The lowest BCUT2D eigenvalue weighted by molar-refractivity contribution is 0.282. The predicted octanol–water partition coefficient (Wildman–Crippen LogP) is 1.48. The number of nitrogens with one attached hydrogen (secondary N) is 1. The SMILES string of the molecule is Cc1cnc(CNS(=O)(=O)c2ccsc2CO)s1. The second-order valence-electron chi connectivity index (χ2n) is 3.56. The molecule has 0 amide bonds. The van der Waals surface area contributed by atoms with Crippen LogP contribution in [0.3, 0.4) is 0 Å². The van der Waals surface area contributed by atoms with Crippen LogP contribution in [0.1, 0.15) is 14.8 Å². The first-order valence-corrected chi connectivity index (χ1v) is 8.29. The average molecular weight is 304 g/mol. The molecule has 2 aromatic heterocycles. The van der Waals surface area contributed by atoms with Gasteiger partial charge in [-0.05, 0) is 18.4 Å². The molecule has 0 radical (unpaired) electrons. The standard InChI is InChI=1S/C10H12N2O3S3/c1-7-4-11-10(17-7)5-12-18(14,15)9-2-3-16-8(9)6-13/h2-4,12-13H,5-6H2,1H3. The molecule has 0 saturated carbocycles. The quantitative estimate of drug-likeness (QED) is 0.877. The summed E-state index contributed by atoms with van der Waals surface area (Å²) in [5.74, 6) is 0. The molecule has 2 rings (SSSR count). The van der Waals surface area contributed by atoms with Gasteiger partial charge in [0.25, 0.3) is 0 Å². The first kappa shape index (κ1) is 13.6. The van der Waals surface area contributed by atoms with Crippen LogP contribution in [0.5, 0.6) is 0 Å². The van der Waals surface area contributed by atoms with Gasteiger partial charge in [0.1, 0.15) is 5.01 Å². The Morgan fingerprint density at radius 2 is 2.28 bits per heavy atom. The summed E-state index contributed by atoms with van der Waals surface area (Å²) in [6.07, 6.45) is 1.71. The number of nitrogens with zero attached hydrogens (tertiary/aromatic N) is 1. The summed E-state index contributed by atoms with van der Waals surface area (Å²) in [6.45, 7) is 1.81. The van der Waals surface area contributed by atoms with Crippen molar-refractivity contribution in [3.63, 3.8) is 0 Å². The van der Waals surface area contributed by atoms with E-state index < -0.39 is 10.0 Å². The summed E-state index contributed by atoms with van der Waals surface area (Å²) >= 11 is 2.67. The molecule has 0 aliphatic heterocycles. The number of aromatic nitrogens is 1. The van der Waals surface area contributed by atoms with Gasteiger partial charge in [0.05, 0.1) is 18.0 Å². The Hall–Kier alpha value is -0.800. The molecule has 2 N–H and O–H groups in total. The van der Waals surface area contributed by atoms with E-state index in [1.165, 1.54) is 28.7 Å². The van der Waals surface area contributed by atoms with E-state index in [9.17, 15) is 8.42 Å². The first-order chi connectivity index (χ1) is 8.53. The van der Waals surface area contributed by atoms with Crippen LogP contribution in [0.15, 0.2) is 22.5 Å². The smallest absolute Gasteiger partial charge is 0.242 e. The molecule has 2 aromatic rings. The molecule has 8 heteroatoms. The topological polar surface area (TPSA) is 79.3 Å². The molecule has 0 bridgehead atoms. The number of aliphatic hydroxyl groups excluding tert-OH is 1. The fraction of sp³-hybridized carbons (Fsp3) is 0.300. The summed E-state index contributed by atoms with van der Waals surface area (Å²) in [5, 5.41) is 11.4. The number of rotatable bonds is 5. The summed E-state index contributed by atoms with van der Waals surface area (Å²) in [5.41, 5.74) is 0. The third-order valence-electron chi connectivity index (χ3n) is 2.22. The lowest BCUT2D eigenvalue weighted by Gasteiger charge is -2.04. The van der Waals surface area contributed by atoms with Crippen LogP contribution in [-0.2, 0) is 23.2 Å². The number of hydrogen-bond acceptors (Lipinski definition) is 6. The first-order valence-electron chi connectivity index (χ1n) is 5.11. The molecular formula is C10H12N2O3S3. The zero-order valence-electron chi connectivity index (χ0n) is 9.58. The molecule has 0 aliphatic carbocycles. The van der Waals surface area contributed by atoms with Gasteiger partial charge < -0.3 is 5.11 Å². The number of thiophene rings is 1. The molecule has 0 aromatic carbocycles. The molecule has 0 saturated heterocycles. The molecular weight excluding hydrogens is 292 g/mol. The van der Waals surface area contributed by atoms with Gasteiger partial charge in [0.2, 0.25) is 10.0 Å². The van der Waals surface area contributed by atoms with Crippen molar-refractivity contribution in [2.45, 2.75) is 25.0 Å². The molecule has 2 heterocycles. The van der Waals surface area contributed by atoms with E-state index in [4.69, 9.17) is 5.11 Å². The zero-order valence-corrected chi connectivity index (χ0v) is 12.0. The van der Waals surface area contributed by atoms with Crippen LogP contribution >= 0.6 is 22.7 Å². The fourth-order valence-corrected chi connectivity index (χ4v) is 4.50. The van der Waals surface area contributed by atoms with Crippen LogP contribution in [0.2, 0.25) is 0 Å². The zero-order chi connectivity index (χ0) is 13.2. The van der Waals surface area contributed by atoms with Gasteiger partial charge in [-0.3, -0.25) is 0 Å². The highest BCUT2D eigenvalue weighted by Crippen LogP contribution is 2.22. The number of thiazole rings is 1. The van der Waals surface area contributed by atoms with E-state index >= 15 is 0 Å². The third kappa shape index (κ3) is 2.96. The van der Waals surface area contributed by atoms with Crippen molar-refractivity contribution in [3.8, 4) is 0 Å². The Labute approximate surface area is 113 Å². The van der Waals surface area contributed by atoms with Gasteiger partial charge in [-0.1, -0.05) is 0 Å². The minimum Gasteiger partial charge on any atom is -0.391 e. The van der Waals surface area contributed by atoms with Gasteiger partial charge in [-0.2, -0.15) is 0 Å². The van der Waals surface area contributed by atoms with Crippen molar-refractivity contribution in [2.24, 2.45) is 0 Å². The normalized spacial score (nSPS) is 11.9. The summed E-state index contributed by atoms with van der Waals surface area (Å²) in [7, 11) is -3.58. The van der Waals surface area contributed by atoms with Gasteiger partial charge in [0, 0.05) is 16.0 Å². The Morgan fingerprint density at radius 1 is 1.50 bits per heavy atom. The van der Waals surface area contributed by atoms with Crippen LogP contribution in [0.25, 0.3) is 0 Å². The van der Waals surface area contributed by atoms with Gasteiger partial charge in [-0.25, -0.2) is 18.1 Å². The van der Waals surface area contributed by atoms with Gasteiger partial charge in [-0.15, -0.1) is 22.7 Å². The van der Waals surface area contributed by atoms with Crippen LogP contribution in [0, 0.1) is 6.92 Å². The minimum absolute atomic E-state index is 0.142. The molecule has 5 nitrogen and oxygen atoms in total. The molecule has 98 valence electrons. The summed E-state index contributed by atoms with van der Waals surface area (Å²) < 4.78 is 26.5. The van der Waals surface area contributed by atoms with Gasteiger partial charge >= 0.3 is 0 Å². The fourth-order valence-electron chi connectivity index (χ4n) is 1.40. The minimum atomic E-state index is -3.58. The average Bonchev–Trinajstić information content (AvgIpc) is 2.95. The lowest BCUT2D eigenvalue weighted by atomic mass is 10.5. The number of sulfonamides is 1. The predicted molar refractivity (Wildman–Crippen MR) is 71.1 cm³/mol. The van der Waals surface area contributed by atoms with Crippen molar-refractivity contribution in [1.29, 1.82) is 0 Å². The highest BCUT2D eigenvalue weighted by molar-refractivity contribution is 7.89. The second-order valence-corrected chi connectivity index (χ2v) is 7.61. The number of hydrogen-bond donors (Lipinski definition) is 2. The van der Waals surface area contributed by atoms with Crippen LogP contribution in [-0.4, -0.2) is 18.5 Å². The highest BCUT2D eigenvalue weighted by atomic mass is 32.2. The van der Waals surface area contributed by atoms with Crippen LogP contribution < -0.4 is 4.72 Å². The second kappa shape index (κ2) is 5.45. The van der Waals surface area contributed by atoms with E-state index in [2.05, 4.69) is 9.71 Å². The van der Waals surface area contributed by atoms with Crippen molar-refractivity contribution in [2.75, 3.05) is 0 Å².